The first-order valence-corrected chi connectivity index (χ1v) is 10.5. The van der Waals surface area contributed by atoms with Crippen molar-refractivity contribution in [3.63, 3.8) is 0 Å². The van der Waals surface area contributed by atoms with Crippen molar-refractivity contribution in [2.75, 3.05) is 10.6 Å². The zero-order valence-electron chi connectivity index (χ0n) is 17.1. The maximum atomic E-state index is 13.5. The summed E-state index contributed by atoms with van der Waals surface area (Å²) in [5.41, 5.74) is 2.74. The largest absolute Gasteiger partial charge is 0.457 e. The highest BCUT2D eigenvalue weighted by atomic mass is 35.5. The molecule has 3 rings (SSSR count). The van der Waals surface area contributed by atoms with Crippen LogP contribution in [-0.4, -0.2) is 5.11 Å². The van der Waals surface area contributed by atoms with Crippen LogP contribution >= 0.6 is 23.8 Å². The molecule has 0 unspecified atom stereocenters. The van der Waals surface area contributed by atoms with Crippen molar-refractivity contribution in [3.8, 4) is 11.5 Å². The highest BCUT2D eigenvalue weighted by Gasteiger charge is 2.17. The van der Waals surface area contributed by atoms with Gasteiger partial charge in [0.2, 0.25) is 0 Å². The minimum absolute atomic E-state index is 0.0683. The lowest BCUT2D eigenvalue weighted by Crippen LogP contribution is -2.19. The molecule has 6 heteroatoms. The maximum Gasteiger partial charge on any atom is 0.175 e. The van der Waals surface area contributed by atoms with Gasteiger partial charge in [-0.2, -0.15) is 0 Å². The Balaban J connectivity index is 1.58. The molecule has 0 aliphatic heterocycles. The molecule has 3 nitrogen and oxygen atoms in total. The maximum absolute atomic E-state index is 13.5. The van der Waals surface area contributed by atoms with Gasteiger partial charge in [0.15, 0.2) is 5.11 Å². The summed E-state index contributed by atoms with van der Waals surface area (Å²) in [5, 5.41) is 6.40. The van der Waals surface area contributed by atoms with Gasteiger partial charge in [0.05, 0.1) is 5.02 Å². The summed E-state index contributed by atoms with van der Waals surface area (Å²) in [7, 11) is 0. The molecule has 3 aromatic carbocycles. The molecule has 0 atom stereocenters. The molecular weight excluding hydrogens is 419 g/mol. The highest BCUT2D eigenvalue weighted by Crippen LogP contribution is 2.30. The molecule has 0 amide bonds. The Bertz CT molecular complexity index is 1020. The van der Waals surface area contributed by atoms with Crippen molar-refractivity contribution in [2.24, 2.45) is 0 Å². The van der Waals surface area contributed by atoms with E-state index in [0.717, 1.165) is 23.6 Å². The SMILES string of the molecule is CCC(C)(C)c1ccc(Oc2ccc(NC(=S)Nc3ccc(Cl)c(F)c3)cc2)cc1. The zero-order valence-corrected chi connectivity index (χ0v) is 18.7. The Kier molecular flexibility index (Phi) is 6.95. The van der Waals surface area contributed by atoms with E-state index in [1.807, 2.05) is 36.4 Å². The quantitative estimate of drug-likeness (QED) is 0.382. The van der Waals surface area contributed by atoms with Gasteiger partial charge in [-0.15, -0.1) is 0 Å². The van der Waals surface area contributed by atoms with Crippen LogP contribution in [0.3, 0.4) is 0 Å². The first-order valence-electron chi connectivity index (χ1n) is 9.68. The zero-order chi connectivity index (χ0) is 21.7. The highest BCUT2D eigenvalue weighted by molar-refractivity contribution is 7.80. The van der Waals surface area contributed by atoms with Gasteiger partial charge in [-0.3, -0.25) is 0 Å². The van der Waals surface area contributed by atoms with Gasteiger partial charge in [0.1, 0.15) is 17.3 Å². The number of benzene rings is 3. The average Bonchev–Trinajstić information content (AvgIpc) is 2.72. The van der Waals surface area contributed by atoms with E-state index in [4.69, 9.17) is 28.6 Å². The molecule has 0 bridgehead atoms. The fraction of sp³-hybridized carbons (Fsp3) is 0.208. The lowest BCUT2D eigenvalue weighted by molar-refractivity contribution is 0.478. The van der Waals surface area contributed by atoms with E-state index >= 15 is 0 Å². The Morgan fingerprint density at radius 2 is 1.47 bits per heavy atom. The minimum Gasteiger partial charge on any atom is -0.457 e. The lowest BCUT2D eigenvalue weighted by Gasteiger charge is -2.23. The number of hydrogen-bond acceptors (Lipinski definition) is 2. The number of hydrogen-bond donors (Lipinski definition) is 2. The van der Waals surface area contributed by atoms with Crippen molar-refractivity contribution in [3.05, 3.63) is 83.1 Å². The van der Waals surface area contributed by atoms with Crippen LogP contribution in [0, 0.1) is 5.82 Å². The van der Waals surface area contributed by atoms with E-state index in [1.165, 1.54) is 17.7 Å². The lowest BCUT2D eigenvalue weighted by atomic mass is 9.82. The van der Waals surface area contributed by atoms with E-state index in [2.05, 4.69) is 43.5 Å². The standard InChI is InChI=1S/C24H24ClFN2OS/c1-4-24(2,3)16-5-10-19(11-6-16)29-20-12-7-17(8-13-20)27-23(30)28-18-9-14-21(25)22(26)15-18/h5-15H,4H2,1-3H3,(H2,27,28,30). The normalized spacial score (nSPS) is 11.1. The molecule has 30 heavy (non-hydrogen) atoms. The Morgan fingerprint density at radius 3 is 2.03 bits per heavy atom. The summed E-state index contributed by atoms with van der Waals surface area (Å²) in [6.45, 7) is 6.66. The summed E-state index contributed by atoms with van der Waals surface area (Å²) in [6, 6.07) is 20.1. The number of rotatable bonds is 6. The third-order valence-electron chi connectivity index (χ3n) is 5.05. The van der Waals surface area contributed by atoms with Crippen molar-refractivity contribution >= 4 is 40.3 Å². The van der Waals surface area contributed by atoms with Crippen LogP contribution in [0.4, 0.5) is 15.8 Å². The average molecular weight is 443 g/mol. The van der Waals surface area contributed by atoms with E-state index < -0.39 is 5.82 Å². The molecule has 0 aliphatic carbocycles. The number of thiocarbonyl (C=S) groups is 1. The van der Waals surface area contributed by atoms with E-state index in [1.54, 1.807) is 6.07 Å². The monoisotopic (exact) mass is 442 g/mol. The minimum atomic E-state index is -0.503. The van der Waals surface area contributed by atoms with Crippen molar-refractivity contribution in [1.82, 2.24) is 0 Å². The summed E-state index contributed by atoms with van der Waals surface area (Å²) < 4.78 is 19.5. The van der Waals surface area contributed by atoms with Crippen LogP contribution in [0.1, 0.15) is 32.8 Å². The van der Waals surface area contributed by atoms with Gasteiger partial charge in [-0.25, -0.2) is 4.39 Å². The number of halogens is 2. The molecule has 156 valence electrons. The van der Waals surface area contributed by atoms with Gasteiger partial charge in [-0.1, -0.05) is 44.5 Å². The molecule has 3 aromatic rings. The molecule has 0 saturated carbocycles. The first kappa shape index (κ1) is 22.1. The summed E-state index contributed by atoms with van der Waals surface area (Å²) >= 11 is 11.0. The van der Waals surface area contributed by atoms with Crippen LogP contribution in [0.15, 0.2) is 66.7 Å². The van der Waals surface area contributed by atoms with Crippen molar-refractivity contribution in [2.45, 2.75) is 32.6 Å². The molecule has 0 spiro atoms. The number of nitrogens with one attached hydrogen (secondary N) is 2. The van der Waals surface area contributed by atoms with E-state index in [-0.39, 0.29) is 10.4 Å². The van der Waals surface area contributed by atoms with Crippen molar-refractivity contribution in [1.29, 1.82) is 0 Å². The topological polar surface area (TPSA) is 33.3 Å². The van der Waals surface area contributed by atoms with Gasteiger partial charge in [-0.05, 0) is 84.2 Å². The third kappa shape index (κ3) is 5.71. The van der Waals surface area contributed by atoms with Crippen LogP contribution in [0.2, 0.25) is 5.02 Å². The molecule has 2 N–H and O–H groups in total. The molecule has 0 fully saturated rings. The number of anilines is 2. The fourth-order valence-electron chi connectivity index (χ4n) is 2.79. The number of ether oxygens (including phenoxy) is 1. The van der Waals surface area contributed by atoms with Crippen LogP contribution in [0.25, 0.3) is 0 Å². The van der Waals surface area contributed by atoms with Gasteiger partial charge >= 0.3 is 0 Å². The second-order valence-electron chi connectivity index (χ2n) is 7.60. The third-order valence-corrected chi connectivity index (χ3v) is 5.56. The Hall–Kier alpha value is -2.63. The second-order valence-corrected chi connectivity index (χ2v) is 8.41. The molecule has 0 aromatic heterocycles. The Labute approximate surface area is 187 Å². The first-order chi connectivity index (χ1) is 14.3. The summed E-state index contributed by atoms with van der Waals surface area (Å²) in [6.07, 6.45) is 1.07. The fourth-order valence-corrected chi connectivity index (χ4v) is 3.14. The summed E-state index contributed by atoms with van der Waals surface area (Å²) in [4.78, 5) is 0. The smallest absolute Gasteiger partial charge is 0.175 e. The van der Waals surface area contributed by atoms with E-state index in [9.17, 15) is 4.39 Å². The second kappa shape index (κ2) is 9.45. The molecule has 0 radical (unpaired) electrons. The summed E-state index contributed by atoms with van der Waals surface area (Å²) in [5.74, 6) is 1.01. The molecular formula is C24H24ClFN2OS. The predicted molar refractivity (Wildman–Crippen MR) is 128 cm³/mol. The molecule has 0 saturated heterocycles. The van der Waals surface area contributed by atoms with Gasteiger partial charge < -0.3 is 15.4 Å². The van der Waals surface area contributed by atoms with Crippen molar-refractivity contribution < 1.29 is 9.13 Å². The van der Waals surface area contributed by atoms with Crippen LogP contribution < -0.4 is 15.4 Å². The molecule has 0 heterocycles. The Morgan fingerprint density at radius 1 is 0.933 bits per heavy atom. The van der Waals surface area contributed by atoms with Crippen LogP contribution in [-0.2, 0) is 5.41 Å². The van der Waals surface area contributed by atoms with Gasteiger partial charge in [0.25, 0.3) is 0 Å². The van der Waals surface area contributed by atoms with Crippen LogP contribution in [0.5, 0.6) is 11.5 Å². The van der Waals surface area contributed by atoms with E-state index in [0.29, 0.717) is 10.8 Å². The molecule has 0 aliphatic rings. The predicted octanol–water partition coefficient (Wildman–Crippen LogP) is 7.77. The van der Waals surface area contributed by atoms with Gasteiger partial charge in [0, 0.05) is 11.4 Å².